The highest BCUT2D eigenvalue weighted by molar-refractivity contribution is 6.31. The molecule has 2 heterocycles. The third-order valence-corrected chi connectivity index (χ3v) is 6.65. The molecule has 0 saturated carbocycles. The van der Waals surface area contributed by atoms with E-state index in [0.717, 1.165) is 47.8 Å². The summed E-state index contributed by atoms with van der Waals surface area (Å²) in [5, 5.41) is 1.08. The number of halogens is 3. The van der Waals surface area contributed by atoms with Crippen molar-refractivity contribution in [3.05, 3.63) is 93.7 Å². The van der Waals surface area contributed by atoms with Crippen molar-refractivity contribution >= 4 is 22.5 Å². The molecule has 4 aromatic rings. The number of nitrogens with one attached hydrogen (secondary N) is 1. The van der Waals surface area contributed by atoms with Crippen LogP contribution in [0.1, 0.15) is 59.3 Å². The van der Waals surface area contributed by atoms with Gasteiger partial charge in [-0.15, -0.1) is 0 Å². The normalized spacial score (nSPS) is 19.1. The van der Waals surface area contributed by atoms with Crippen LogP contribution >= 0.6 is 11.6 Å². The molecule has 5 rings (SSSR count). The lowest BCUT2D eigenvalue weighted by atomic mass is 9.80. The largest absolute Gasteiger partial charge is 0.358 e. The molecule has 6 heteroatoms. The quantitative estimate of drug-likeness (QED) is 0.373. The number of H-pyrrole nitrogens is 1. The van der Waals surface area contributed by atoms with E-state index in [1.165, 1.54) is 29.6 Å². The van der Waals surface area contributed by atoms with E-state index < -0.39 is 11.6 Å². The predicted octanol–water partition coefficient (Wildman–Crippen LogP) is 6.84. The van der Waals surface area contributed by atoms with Crippen molar-refractivity contribution in [2.45, 2.75) is 44.4 Å². The van der Waals surface area contributed by atoms with Gasteiger partial charge in [-0.2, -0.15) is 0 Å². The molecule has 0 fully saturated rings. The number of fused-ring (bicyclic) bond motifs is 3. The second-order valence-corrected chi connectivity index (χ2v) is 8.77. The summed E-state index contributed by atoms with van der Waals surface area (Å²) in [7, 11) is 0. The molecule has 1 aliphatic carbocycles. The van der Waals surface area contributed by atoms with Crippen LogP contribution in [0, 0.1) is 18.6 Å². The second-order valence-electron chi connectivity index (χ2n) is 8.36. The summed E-state index contributed by atoms with van der Waals surface area (Å²) in [4.78, 5) is 12.0. The van der Waals surface area contributed by atoms with Gasteiger partial charge in [0.2, 0.25) is 0 Å². The van der Waals surface area contributed by atoms with Gasteiger partial charge in [-0.25, -0.2) is 18.7 Å². The van der Waals surface area contributed by atoms with Gasteiger partial charge in [-0.3, -0.25) is 0 Å². The van der Waals surface area contributed by atoms with Gasteiger partial charge in [-0.1, -0.05) is 41.4 Å². The zero-order valence-corrected chi connectivity index (χ0v) is 17.9. The van der Waals surface area contributed by atoms with Crippen LogP contribution in [0.3, 0.4) is 0 Å². The first-order valence-electron chi connectivity index (χ1n) is 10.5. The Hall–Kier alpha value is -2.79. The van der Waals surface area contributed by atoms with Gasteiger partial charge in [0.25, 0.3) is 0 Å². The van der Waals surface area contributed by atoms with Crippen molar-refractivity contribution in [1.82, 2.24) is 15.0 Å². The van der Waals surface area contributed by atoms with E-state index in [0.29, 0.717) is 5.82 Å². The lowest BCUT2D eigenvalue weighted by Gasteiger charge is -2.25. The van der Waals surface area contributed by atoms with Gasteiger partial charge in [-0.05, 0) is 55.9 Å². The van der Waals surface area contributed by atoms with Crippen molar-refractivity contribution < 1.29 is 8.78 Å². The highest BCUT2D eigenvalue weighted by atomic mass is 35.5. The smallest absolute Gasteiger partial charge is 0.159 e. The molecule has 0 saturated heterocycles. The molecule has 2 unspecified atom stereocenters. The number of hydrogen-bond donors (Lipinski definition) is 1. The molecule has 0 amide bonds. The van der Waals surface area contributed by atoms with Crippen molar-refractivity contribution in [2.24, 2.45) is 0 Å². The number of nitrogens with zero attached hydrogens (tertiary/aromatic N) is 2. The third-order valence-electron chi connectivity index (χ3n) is 6.36. The van der Waals surface area contributed by atoms with E-state index in [1.54, 1.807) is 6.07 Å². The Morgan fingerprint density at radius 3 is 2.48 bits per heavy atom. The molecule has 158 valence electrons. The first-order chi connectivity index (χ1) is 15.0. The van der Waals surface area contributed by atoms with Gasteiger partial charge < -0.3 is 4.98 Å². The zero-order valence-electron chi connectivity index (χ0n) is 17.1. The summed E-state index contributed by atoms with van der Waals surface area (Å²) in [6.45, 7) is 2.07. The summed E-state index contributed by atoms with van der Waals surface area (Å²) in [5.41, 5.74) is 5.47. The Balaban J connectivity index is 1.62. The van der Waals surface area contributed by atoms with Crippen LogP contribution in [0.15, 0.2) is 48.8 Å². The molecule has 2 aromatic carbocycles. The van der Waals surface area contributed by atoms with Crippen LogP contribution in [0.2, 0.25) is 5.02 Å². The number of benzene rings is 2. The zero-order chi connectivity index (χ0) is 21.5. The molecule has 0 bridgehead atoms. The number of aryl methyl sites for hydroxylation is 2. The van der Waals surface area contributed by atoms with E-state index in [-0.39, 0.29) is 16.9 Å². The van der Waals surface area contributed by atoms with Gasteiger partial charge >= 0.3 is 0 Å². The maximum Gasteiger partial charge on any atom is 0.159 e. The van der Waals surface area contributed by atoms with Crippen LogP contribution < -0.4 is 0 Å². The maximum atomic E-state index is 14.2. The van der Waals surface area contributed by atoms with Gasteiger partial charge in [0.1, 0.15) is 11.6 Å². The third kappa shape index (κ3) is 3.83. The number of aromatic amines is 1. The molecule has 3 nitrogen and oxygen atoms in total. The molecule has 2 atom stereocenters. The first-order valence-corrected chi connectivity index (χ1v) is 10.9. The number of hydrogen-bond acceptors (Lipinski definition) is 2. The Bertz CT molecular complexity index is 1230. The molecule has 0 radical (unpaired) electrons. The molecule has 1 N–H and O–H groups in total. The fourth-order valence-electron chi connectivity index (χ4n) is 4.73. The van der Waals surface area contributed by atoms with E-state index in [2.05, 4.69) is 46.1 Å². The fourth-order valence-corrected chi connectivity index (χ4v) is 4.89. The highest BCUT2D eigenvalue weighted by Crippen LogP contribution is 2.42. The van der Waals surface area contributed by atoms with Crippen LogP contribution in [0.5, 0.6) is 0 Å². The van der Waals surface area contributed by atoms with Crippen LogP contribution in [0.4, 0.5) is 8.78 Å². The van der Waals surface area contributed by atoms with Crippen LogP contribution in [0.25, 0.3) is 10.9 Å². The van der Waals surface area contributed by atoms with Gasteiger partial charge in [0.15, 0.2) is 5.82 Å². The Morgan fingerprint density at radius 1 is 1.00 bits per heavy atom. The molecular weight excluding hydrogens is 416 g/mol. The van der Waals surface area contributed by atoms with Crippen molar-refractivity contribution in [3.63, 3.8) is 0 Å². The minimum Gasteiger partial charge on any atom is -0.358 e. The van der Waals surface area contributed by atoms with Crippen LogP contribution in [-0.4, -0.2) is 15.0 Å². The minimum absolute atomic E-state index is 0.127. The van der Waals surface area contributed by atoms with Gasteiger partial charge in [0.05, 0.1) is 17.4 Å². The summed E-state index contributed by atoms with van der Waals surface area (Å²) in [5.74, 6) is 0.0858. The molecular formula is C25H22ClF2N3. The molecule has 31 heavy (non-hydrogen) atoms. The predicted molar refractivity (Wildman–Crippen MR) is 119 cm³/mol. The Labute approximate surface area is 184 Å². The molecule has 1 aliphatic rings. The highest BCUT2D eigenvalue weighted by Gasteiger charge is 2.28. The van der Waals surface area contributed by atoms with Gasteiger partial charge in [0, 0.05) is 28.4 Å². The molecule has 0 spiro atoms. The second kappa shape index (κ2) is 8.04. The fraction of sp³-hybridized carbons (Fsp3) is 0.280. The molecule has 0 aliphatic heterocycles. The van der Waals surface area contributed by atoms with Crippen molar-refractivity contribution in [3.8, 4) is 0 Å². The first kappa shape index (κ1) is 20.1. The van der Waals surface area contributed by atoms with E-state index in [4.69, 9.17) is 11.6 Å². The Morgan fingerprint density at radius 2 is 1.74 bits per heavy atom. The summed E-state index contributed by atoms with van der Waals surface area (Å²) >= 11 is 6.13. The summed E-state index contributed by atoms with van der Waals surface area (Å²) in [6, 6.07) is 11.8. The monoisotopic (exact) mass is 437 g/mol. The standard InChI is InChI=1S/C25H22ClF2N3/c1-14-2-4-15(5-3-14)18-8-6-16(25-29-12-17(27)13-30-25)7-9-19-20-10-21(26)22(28)11-23(20)31-24(18)19/h2-5,10-13,16,18,31H,6-9H2,1H3. The average molecular weight is 438 g/mol. The number of rotatable bonds is 2. The van der Waals surface area contributed by atoms with Crippen LogP contribution in [-0.2, 0) is 6.42 Å². The minimum atomic E-state index is -0.428. The lowest BCUT2D eigenvalue weighted by Crippen LogP contribution is -2.14. The summed E-state index contributed by atoms with van der Waals surface area (Å²) in [6.07, 6.45) is 5.85. The van der Waals surface area contributed by atoms with Crippen molar-refractivity contribution in [2.75, 3.05) is 0 Å². The molecule has 2 aromatic heterocycles. The van der Waals surface area contributed by atoms with E-state index in [9.17, 15) is 8.78 Å². The average Bonchev–Trinajstić information content (AvgIpc) is 3.07. The lowest BCUT2D eigenvalue weighted by molar-refractivity contribution is 0.485. The number of aromatic nitrogens is 3. The Kier molecular flexibility index (Phi) is 5.22. The summed E-state index contributed by atoms with van der Waals surface area (Å²) < 4.78 is 27.5. The topological polar surface area (TPSA) is 41.6 Å². The van der Waals surface area contributed by atoms with Crippen molar-refractivity contribution in [1.29, 1.82) is 0 Å². The van der Waals surface area contributed by atoms with E-state index in [1.807, 2.05) is 0 Å². The SMILES string of the molecule is Cc1ccc(C2CCC(c3ncc(F)cn3)CCc3c2[nH]c2cc(F)c(Cl)cc32)cc1. The maximum absolute atomic E-state index is 14.2. The van der Waals surface area contributed by atoms with E-state index >= 15 is 0 Å².